The lowest BCUT2D eigenvalue weighted by Crippen LogP contribution is -2.33. The number of hydrogen-bond donors (Lipinski definition) is 1. The highest BCUT2D eigenvalue weighted by Crippen LogP contribution is 2.34. The van der Waals surface area contributed by atoms with Crippen LogP contribution in [-0.4, -0.2) is 18.3 Å². The molecule has 1 N–H and O–H groups in total. The molecule has 4 heteroatoms. The van der Waals surface area contributed by atoms with E-state index >= 15 is 0 Å². The van der Waals surface area contributed by atoms with E-state index in [-0.39, 0.29) is 0 Å². The fraction of sp³-hybridized carbons (Fsp3) is 0.625. The summed E-state index contributed by atoms with van der Waals surface area (Å²) in [5.41, 5.74) is 0. The number of nitrogens with one attached hydrogen (secondary N) is 1. The Balaban J connectivity index is 1.78. The van der Waals surface area contributed by atoms with Crippen LogP contribution in [0, 0.1) is 5.92 Å². The van der Waals surface area contributed by atoms with Crippen LogP contribution in [-0.2, 0) is 0 Å². The van der Waals surface area contributed by atoms with Crippen molar-refractivity contribution < 1.29 is 0 Å². The molecule has 2 rings (SSSR count). The highest BCUT2D eigenvalue weighted by atomic mass is 35.5. The molecule has 0 heterocycles. The van der Waals surface area contributed by atoms with Gasteiger partial charge in [-0.05, 0) is 62.1 Å². The van der Waals surface area contributed by atoms with Crippen molar-refractivity contribution in [1.82, 2.24) is 5.32 Å². The molecule has 0 amide bonds. The second-order valence-electron chi connectivity index (χ2n) is 5.46. The summed E-state index contributed by atoms with van der Waals surface area (Å²) in [4.78, 5) is 1.11. The Labute approximate surface area is 136 Å². The molecular formula is C16H23Cl2NS. The molecule has 2 unspecified atom stereocenters. The van der Waals surface area contributed by atoms with E-state index in [9.17, 15) is 0 Å². The zero-order valence-corrected chi connectivity index (χ0v) is 14.3. The number of rotatable bonds is 7. The van der Waals surface area contributed by atoms with Crippen LogP contribution in [0.15, 0.2) is 23.1 Å². The molecule has 1 aromatic carbocycles. The Kier molecular flexibility index (Phi) is 7.03. The van der Waals surface area contributed by atoms with Crippen LogP contribution in [0.2, 0.25) is 10.0 Å². The second kappa shape index (κ2) is 8.53. The lowest BCUT2D eigenvalue weighted by atomic mass is 10.0. The number of hydrogen-bond acceptors (Lipinski definition) is 2. The van der Waals surface area contributed by atoms with Gasteiger partial charge in [0.05, 0.1) is 5.02 Å². The van der Waals surface area contributed by atoms with Crippen LogP contribution in [0.25, 0.3) is 0 Å². The molecule has 1 nitrogen and oxygen atoms in total. The fourth-order valence-corrected chi connectivity index (χ4v) is 4.46. The highest BCUT2D eigenvalue weighted by Gasteiger charge is 2.26. The largest absolute Gasteiger partial charge is 0.314 e. The number of halogens is 2. The van der Waals surface area contributed by atoms with Gasteiger partial charge in [0, 0.05) is 16.0 Å². The Bertz CT molecular complexity index is 425. The monoisotopic (exact) mass is 331 g/mol. The van der Waals surface area contributed by atoms with Gasteiger partial charge in [-0.3, -0.25) is 0 Å². The minimum Gasteiger partial charge on any atom is -0.314 e. The van der Waals surface area contributed by atoms with E-state index in [4.69, 9.17) is 23.2 Å². The first-order chi connectivity index (χ1) is 9.70. The van der Waals surface area contributed by atoms with Crippen molar-refractivity contribution in [2.24, 2.45) is 5.92 Å². The molecule has 0 aliphatic heterocycles. The van der Waals surface area contributed by atoms with Crippen molar-refractivity contribution in [2.75, 3.05) is 12.3 Å². The normalized spacial score (nSPS) is 22.4. The molecule has 0 radical (unpaired) electrons. The SMILES string of the molecule is CCCNC1CCCC1CCSc1cc(Cl)ccc1Cl. The quantitative estimate of drug-likeness (QED) is 0.648. The summed E-state index contributed by atoms with van der Waals surface area (Å²) in [5.74, 6) is 1.95. The van der Waals surface area contributed by atoms with Crippen molar-refractivity contribution in [3.8, 4) is 0 Å². The zero-order chi connectivity index (χ0) is 14.4. The Morgan fingerprint density at radius 1 is 1.30 bits per heavy atom. The molecule has 20 heavy (non-hydrogen) atoms. The second-order valence-corrected chi connectivity index (χ2v) is 7.44. The average Bonchev–Trinajstić information content (AvgIpc) is 2.88. The molecule has 0 saturated heterocycles. The van der Waals surface area contributed by atoms with Crippen LogP contribution < -0.4 is 5.32 Å². The van der Waals surface area contributed by atoms with Gasteiger partial charge in [-0.15, -0.1) is 11.8 Å². The van der Waals surface area contributed by atoms with Gasteiger partial charge in [-0.2, -0.15) is 0 Å². The van der Waals surface area contributed by atoms with Crippen molar-refractivity contribution in [1.29, 1.82) is 0 Å². The smallest absolute Gasteiger partial charge is 0.0542 e. The molecule has 1 saturated carbocycles. The summed E-state index contributed by atoms with van der Waals surface area (Å²) < 4.78 is 0. The standard InChI is InChI=1S/C16H23Cl2NS/c1-2-9-19-15-5-3-4-12(15)8-10-20-16-11-13(17)6-7-14(16)18/h6-7,11-12,15,19H,2-5,8-10H2,1H3. The Hall–Kier alpha value is 0.110. The molecule has 1 fully saturated rings. The van der Waals surface area contributed by atoms with Gasteiger partial charge in [-0.1, -0.05) is 36.5 Å². The third kappa shape index (κ3) is 4.84. The summed E-state index contributed by atoms with van der Waals surface area (Å²) in [7, 11) is 0. The molecule has 1 aliphatic rings. The van der Waals surface area contributed by atoms with Gasteiger partial charge in [0.25, 0.3) is 0 Å². The Morgan fingerprint density at radius 2 is 2.15 bits per heavy atom. The highest BCUT2D eigenvalue weighted by molar-refractivity contribution is 7.99. The first-order valence-electron chi connectivity index (χ1n) is 7.52. The maximum Gasteiger partial charge on any atom is 0.0542 e. The summed E-state index contributed by atoms with van der Waals surface area (Å²) >= 11 is 14.0. The van der Waals surface area contributed by atoms with E-state index in [1.165, 1.54) is 32.1 Å². The number of benzene rings is 1. The predicted octanol–water partition coefficient (Wildman–Crippen LogP) is 5.64. The van der Waals surface area contributed by atoms with Gasteiger partial charge in [0.2, 0.25) is 0 Å². The minimum atomic E-state index is 0.727. The molecule has 0 bridgehead atoms. The summed E-state index contributed by atoms with van der Waals surface area (Å²) in [6, 6.07) is 6.42. The van der Waals surface area contributed by atoms with Crippen LogP contribution in [0.4, 0.5) is 0 Å². The van der Waals surface area contributed by atoms with E-state index in [1.54, 1.807) is 0 Å². The van der Waals surface area contributed by atoms with Crippen LogP contribution in [0.1, 0.15) is 39.0 Å². The molecule has 1 aromatic rings. The fourth-order valence-electron chi connectivity index (χ4n) is 2.89. The van der Waals surface area contributed by atoms with E-state index < -0.39 is 0 Å². The maximum absolute atomic E-state index is 6.20. The zero-order valence-electron chi connectivity index (χ0n) is 12.0. The number of thioether (sulfide) groups is 1. The van der Waals surface area contributed by atoms with Gasteiger partial charge in [0.15, 0.2) is 0 Å². The van der Waals surface area contributed by atoms with E-state index in [0.29, 0.717) is 0 Å². The first kappa shape index (κ1) is 16.5. The third-order valence-corrected chi connectivity index (χ3v) is 5.72. The van der Waals surface area contributed by atoms with E-state index in [2.05, 4.69) is 12.2 Å². The Morgan fingerprint density at radius 3 is 2.95 bits per heavy atom. The maximum atomic E-state index is 6.20. The van der Waals surface area contributed by atoms with Crippen LogP contribution in [0.5, 0.6) is 0 Å². The van der Waals surface area contributed by atoms with E-state index in [1.807, 2.05) is 30.0 Å². The average molecular weight is 332 g/mol. The molecule has 1 aliphatic carbocycles. The summed E-state index contributed by atoms with van der Waals surface area (Å²) in [5, 5.41) is 5.27. The minimum absolute atomic E-state index is 0.727. The molecule has 0 aromatic heterocycles. The molecule has 2 atom stereocenters. The summed E-state index contributed by atoms with van der Waals surface area (Å²) in [6.45, 7) is 3.38. The predicted molar refractivity (Wildman–Crippen MR) is 91.2 cm³/mol. The van der Waals surface area contributed by atoms with Crippen LogP contribution >= 0.6 is 35.0 Å². The molecule has 0 spiro atoms. The van der Waals surface area contributed by atoms with Gasteiger partial charge >= 0.3 is 0 Å². The van der Waals surface area contributed by atoms with E-state index in [0.717, 1.165) is 39.2 Å². The van der Waals surface area contributed by atoms with Crippen molar-refractivity contribution in [3.05, 3.63) is 28.2 Å². The first-order valence-corrected chi connectivity index (χ1v) is 9.26. The third-order valence-electron chi connectivity index (χ3n) is 3.96. The van der Waals surface area contributed by atoms with Gasteiger partial charge < -0.3 is 5.32 Å². The van der Waals surface area contributed by atoms with Crippen molar-refractivity contribution in [2.45, 2.75) is 50.0 Å². The lowest BCUT2D eigenvalue weighted by molar-refractivity contribution is 0.393. The van der Waals surface area contributed by atoms with Gasteiger partial charge in [0.1, 0.15) is 0 Å². The topological polar surface area (TPSA) is 12.0 Å². The molecule has 112 valence electrons. The lowest BCUT2D eigenvalue weighted by Gasteiger charge is -2.20. The van der Waals surface area contributed by atoms with Gasteiger partial charge in [-0.25, -0.2) is 0 Å². The van der Waals surface area contributed by atoms with Crippen LogP contribution in [0.3, 0.4) is 0 Å². The van der Waals surface area contributed by atoms with Crippen molar-refractivity contribution in [3.63, 3.8) is 0 Å². The molecular weight excluding hydrogens is 309 g/mol. The summed E-state index contributed by atoms with van der Waals surface area (Å²) in [6.07, 6.45) is 6.55. The van der Waals surface area contributed by atoms with Crippen molar-refractivity contribution >= 4 is 35.0 Å².